The Bertz CT molecular complexity index is 652. The molecule has 0 aromatic heterocycles. The molecule has 0 saturated heterocycles. The maximum absolute atomic E-state index is 12.6. The van der Waals surface area contributed by atoms with Crippen LogP contribution in [-0.4, -0.2) is 80.1 Å². The van der Waals surface area contributed by atoms with Crippen molar-refractivity contribution < 1.29 is 41.1 Å². The van der Waals surface area contributed by atoms with Crippen molar-refractivity contribution in [2.24, 2.45) is 0 Å². The number of rotatable bonds is 17. The highest BCUT2D eigenvalue weighted by atomic mass is 31.2. The molecule has 0 N–H and O–H groups in total. The molecular weight excluding hydrogens is 506 g/mol. The molecular formula is C14H32Al2O10P4+. The van der Waals surface area contributed by atoms with Crippen molar-refractivity contribution in [2.45, 2.75) is 41.5 Å². The normalized spacial score (nSPS) is 13.1. The largest absolute Gasteiger partial charge is 1.01 e. The van der Waals surface area contributed by atoms with E-state index in [4.69, 9.17) is 18.1 Å². The molecule has 1 unspecified atom stereocenters. The van der Waals surface area contributed by atoms with Gasteiger partial charge in [-0.15, -0.1) is 0 Å². The molecule has 0 aromatic carbocycles. The highest BCUT2D eigenvalue weighted by Crippen LogP contribution is 2.52. The maximum atomic E-state index is 12.6. The van der Waals surface area contributed by atoms with Gasteiger partial charge in [0.2, 0.25) is 0 Å². The molecule has 30 heavy (non-hydrogen) atoms. The fourth-order valence-corrected chi connectivity index (χ4v) is 12.7. The monoisotopic (exact) mass is 538 g/mol. The standard InChI is InChI=1S/3C4H11O2P.C2H3O4P.2Al/c3*1-3-7(5,6)4-2;3-2(4)1-7(5)6;;/h3*3-4H2,1-2H3,(H,5,6);1H2,(H,3,4);;/q;;;;+2;+3/p-4. The number of hydrogen-bond acceptors (Lipinski definition) is 10. The molecule has 0 spiro atoms. The van der Waals surface area contributed by atoms with Gasteiger partial charge in [0.05, 0.1) is 0 Å². The summed E-state index contributed by atoms with van der Waals surface area (Å²) < 4.78 is 75.8. The van der Waals surface area contributed by atoms with Crippen molar-refractivity contribution in [3.05, 3.63) is 0 Å². The van der Waals surface area contributed by atoms with Crippen LogP contribution in [0.15, 0.2) is 0 Å². The average Bonchev–Trinajstić information content (AvgIpc) is 2.72. The zero-order valence-corrected chi connectivity index (χ0v) is 24.4. The molecule has 0 fully saturated rings. The Kier molecular flexibility index (Phi) is 15.7. The zero-order chi connectivity index (χ0) is 23.4. The Balaban J connectivity index is 4.98. The lowest BCUT2D eigenvalue weighted by Gasteiger charge is -2.22. The van der Waals surface area contributed by atoms with Crippen LogP contribution in [0, 0.1) is 0 Å². The van der Waals surface area contributed by atoms with Crippen molar-refractivity contribution >= 4 is 67.1 Å². The quantitative estimate of drug-likeness (QED) is 0.188. The van der Waals surface area contributed by atoms with Gasteiger partial charge in [-0.2, -0.15) is 0 Å². The summed E-state index contributed by atoms with van der Waals surface area (Å²) in [5, 5.41) is 0. The molecule has 0 rings (SSSR count). The zero-order valence-electron chi connectivity index (χ0n) is 18.5. The van der Waals surface area contributed by atoms with Gasteiger partial charge in [-0.25, -0.2) is 0 Å². The van der Waals surface area contributed by atoms with E-state index in [1.165, 1.54) is 0 Å². The molecule has 173 valence electrons. The third kappa shape index (κ3) is 11.9. The van der Waals surface area contributed by atoms with Crippen LogP contribution in [0.5, 0.6) is 0 Å². The predicted molar refractivity (Wildman–Crippen MR) is 120 cm³/mol. The first-order valence-corrected chi connectivity index (χ1v) is 19.6. The van der Waals surface area contributed by atoms with E-state index >= 15 is 0 Å². The summed E-state index contributed by atoms with van der Waals surface area (Å²) in [5.41, 5.74) is 0. The molecule has 0 aliphatic heterocycles. The van der Waals surface area contributed by atoms with Crippen molar-refractivity contribution in [1.82, 2.24) is 0 Å². The van der Waals surface area contributed by atoms with Crippen molar-refractivity contribution in [3.8, 4) is 0 Å². The molecule has 1 atom stereocenters. The van der Waals surface area contributed by atoms with Crippen LogP contribution in [-0.2, 0) is 41.1 Å². The van der Waals surface area contributed by atoms with Crippen molar-refractivity contribution in [3.63, 3.8) is 0 Å². The fourth-order valence-electron chi connectivity index (χ4n) is 1.93. The summed E-state index contributed by atoms with van der Waals surface area (Å²) in [6.45, 7) is 10.2. The van der Waals surface area contributed by atoms with Gasteiger partial charge in [-0.1, -0.05) is 41.5 Å². The van der Waals surface area contributed by atoms with E-state index in [1.807, 2.05) is 0 Å². The molecule has 0 heterocycles. The first-order chi connectivity index (χ1) is 13.9. The van der Waals surface area contributed by atoms with Crippen LogP contribution in [0.25, 0.3) is 0 Å². The molecule has 0 aromatic rings. The highest BCUT2D eigenvalue weighted by Gasteiger charge is 2.48. The van der Waals surface area contributed by atoms with Gasteiger partial charge >= 0.3 is 45.0 Å². The lowest BCUT2D eigenvalue weighted by Crippen LogP contribution is -2.30. The lowest BCUT2D eigenvalue weighted by molar-refractivity contribution is -0.133. The average molecular weight is 538 g/mol. The first-order valence-electron chi connectivity index (χ1n) is 9.86. The summed E-state index contributed by atoms with van der Waals surface area (Å²) in [6.07, 6.45) is 0.921. The van der Waals surface area contributed by atoms with Crippen LogP contribution < -0.4 is 0 Å². The number of carbonyl (C=O) groups excluding carboxylic acids is 1. The third-order valence-electron chi connectivity index (χ3n) is 4.33. The van der Waals surface area contributed by atoms with Crippen LogP contribution in [0.3, 0.4) is 0 Å². The van der Waals surface area contributed by atoms with E-state index in [0.717, 1.165) is 0 Å². The van der Waals surface area contributed by atoms with Gasteiger partial charge < -0.3 is 14.5 Å². The topological polar surface area (TPSA) is 132 Å². The molecule has 10 nitrogen and oxygen atoms in total. The van der Waals surface area contributed by atoms with E-state index in [2.05, 4.69) is 0 Å². The lowest BCUT2D eigenvalue weighted by atomic mass is 10.8. The van der Waals surface area contributed by atoms with Crippen LogP contribution in [0.2, 0.25) is 0 Å². The van der Waals surface area contributed by atoms with Crippen molar-refractivity contribution in [2.75, 3.05) is 43.1 Å². The molecule has 1 radical (unpaired) electrons. The van der Waals surface area contributed by atoms with Gasteiger partial charge in [-0.05, 0) is 4.57 Å². The molecule has 0 aliphatic rings. The van der Waals surface area contributed by atoms with E-state index in [0.29, 0.717) is 12.3 Å². The second-order valence-corrected chi connectivity index (χ2v) is 20.2. The second-order valence-electron chi connectivity index (χ2n) is 6.13. The summed E-state index contributed by atoms with van der Waals surface area (Å²) in [6, 6.07) is 0. The van der Waals surface area contributed by atoms with Gasteiger partial charge in [0.25, 0.3) is 6.16 Å². The minimum atomic E-state index is -3.36. The molecule has 16 heteroatoms. The van der Waals surface area contributed by atoms with Gasteiger partial charge in [-0.3, -0.25) is 22.1 Å². The fraction of sp³-hybridized carbons (Fsp3) is 0.929. The minimum absolute atomic E-state index is 0.212. The van der Waals surface area contributed by atoms with Crippen molar-refractivity contribution in [1.29, 1.82) is 0 Å². The Morgan fingerprint density at radius 3 is 1.57 bits per heavy atom. The number of hydrogen-bond donors (Lipinski definition) is 0. The summed E-state index contributed by atoms with van der Waals surface area (Å²) >= 11 is -4.63. The van der Waals surface area contributed by atoms with Gasteiger partial charge in [0.15, 0.2) is 22.1 Å². The smallest absolute Gasteiger partial charge is 0.569 e. The SMILES string of the molecule is CCP(=O)(CC)[O][Al][O][P+](=O)CC(=O)[O][Al]([O]P(=O)(CC)CC)[O]P(=O)(CC)CC. The Labute approximate surface area is 192 Å². The summed E-state index contributed by atoms with van der Waals surface area (Å²) in [4.78, 5) is 12.2. The molecule has 0 saturated carbocycles. The molecule has 0 bridgehead atoms. The first kappa shape index (κ1) is 31.2. The highest BCUT2D eigenvalue weighted by molar-refractivity contribution is 7.61. The van der Waals surface area contributed by atoms with E-state index in [-0.39, 0.29) is 24.6 Å². The van der Waals surface area contributed by atoms with Crippen LogP contribution in [0.4, 0.5) is 0 Å². The van der Waals surface area contributed by atoms with Gasteiger partial charge in [0.1, 0.15) is 0 Å². The summed E-state index contributed by atoms with van der Waals surface area (Å²) in [5.74, 6) is -0.932. The molecule has 0 amide bonds. The Morgan fingerprint density at radius 1 is 0.800 bits per heavy atom. The molecule has 0 aliphatic carbocycles. The number of carbonyl (C=O) groups is 1. The van der Waals surface area contributed by atoms with Crippen LogP contribution >= 0.6 is 30.1 Å². The Hall–Kier alpha value is 1.16. The van der Waals surface area contributed by atoms with Gasteiger partial charge in [0, 0.05) is 37.0 Å². The summed E-state index contributed by atoms with van der Waals surface area (Å²) in [7, 11) is -11.4. The van der Waals surface area contributed by atoms with E-state index < -0.39 is 73.3 Å². The minimum Gasteiger partial charge on any atom is -0.569 e. The third-order valence-corrected chi connectivity index (χ3v) is 18.7. The predicted octanol–water partition coefficient (Wildman–Crippen LogP) is 4.81. The second kappa shape index (κ2) is 15.1. The van der Waals surface area contributed by atoms with Crippen LogP contribution in [0.1, 0.15) is 41.5 Å². The maximum Gasteiger partial charge on any atom is 1.01 e. The van der Waals surface area contributed by atoms with E-state index in [1.54, 1.807) is 41.5 Å². The Morgan fingerprint density at radius 2 is 1.20 bits per heavy atom. The van der Waals surface area contributed by atoms with E-state index in [9.17, 15) is 23.1 Å².